The Bertz CT molecular complexity index is 851. The highest BCUT2D eigenvalue weighted by atomic mass is 79.9. The van der Waals surface area contributed by atoms with E-state index in [9.17, 15) is 4.79 Å². The number of benzene rings is 2. The minimum absolute atomic E-state index is 0.0906. The minimum atomic E-state index is -0.0906. The molecule has 0 aliphatic carbocycles. The van der Waals surface area contributed by atoms with Gasteiger partial charge in [-0.3, -0.25) is 9.36 Å². The van der Waals surface area contributed by atoms with E-state index in [1.54, 1.807) is 0 Å². The molecule has 0 radical (unpaired) electrons. The fourth-order valence-electron chi connectivity index (χ4n) is 2.19. The molecule has 0 unspecified atom stereocenters. The molecule has 1 amide bonds. The Hall–Kier alpha value is -2.12. The highest BCUT2D eigenvalue weighted by Gasteiger charge is 2.13. The van der Waals surface area contributed by atoms with Crippen molar-refractivity contribution in [2.45, 2.75) is 12.1 Å². The fraction of sp³-hybridized carbons (Fsp3) is 0.118. The summed E-state index contributed by atoms with van der Waals surface area (Å²) in [5.41, 5.74) is 1.73. The molecule has 122 valence electrons. The predicted octanol–water partition coefficient (Wildman–Crippen LogP) is 4.07. The van der Waals surface area contributed by atoms with Crippen LogP contribution in [0.15, 0.2) is 64.2 Å². The standard InChI is InChI=1S/C17H15BrN4OS/c1-12-20-21-17(22(12)13-7-3-2-4-8-13)24-11-16(23)19-15-10-6-5-9-14(15)18/h2-10H,11H2,1H3,(H,19,23). The first-order chi connectivity index (χ1) is 11.6. The van der Waals surface area contributed by atoms with E-state index >= 15 is 0 Å². The third-order valence-electron chi connectivity index (χ3n) is 3.29. The molecule has 0 aliphatic heterocycles. The SMILES string of the molecule is Cc1nnc(SCC(=O)Nc2ccccc2Br)n1-c1ccccc1. The van der Waals surface area contributed by atoms with Crippen LogP contribution in [0.5, 0.6) is 0 Å². The minimum Gasteiger partial charge on any atom is -0.324 e. The smallest absolute Gasteiger partial charge is 0.234 e. The molecule has 0 saturated heterocycles. The van der Waals surface area contributed by atoms with Crippen molar-refractivity contribution in [2.75, 3.05) is 11.1 Å². The first-order valence-corrected chi connectivity index (χ1v) is 9.07. The summed E-state index contributed by atoms with van der Waals surface area (Å²) in [6.45, 7) is 1.89. The van der Waals surface area contributed by atoms with E-state index in [1.165, 1.54) is 11.8 Å². The summed E-state index contributed by atoms with van der Waals surface area (Å²) in [6.07, 6.45) is 0. The van der Waals surface area contributed by atoms with E-state index in [1.807, 2.05) is 66.1 Å². The summed E-state index contributed by atoms with van der Waals surface area (Å²) in [5, 5.41) is 11.9. The molecule has 7 heteroatoms. The van der Waals surface area contributed by atoms with Crippen molar-refractivity contribution < 1.29 is 4.79 Å². The van der Waals surface area contributed by atoms with E-state index in [0.717, 1.165) is 21.7 Å². The van der Waals surface area contributed by atoms with Crippen LogP contribution < -0.4 is 5.32 Å². The monoisotopic (exact) mass is 402 g/mol. The van der Waals surface area contributed by atoms with E-state index in [0.29, 0.717) is 5.16 Å². The Balaban J connectivity index is 1.70. The zero-order chi connectivity index (χ0) is 16.9. The number of rotatable bonds is 5. The largest absolute Gasteiger partial charge is 0.324 e. The van der Waals surface area contributed by atoms with Crippen molar-refractivity contribution in [2.24, 2.45) is 0 Å². The zero-order valence-electron chi connectivity index (χ0n) is 12.9. The van der Waals surface area contributed by atoms with E-state index < -0.39 is 0 Å². The lowest BCUT2D eigenvalue weighted by atomic mass is 10.3. The Labute approximate surface area is 152 Å². The number of anilines is 1. The van der Waals surface area contributed by atoms with Crippen molar-refractivity contribution in [3.8, 4) is 5.69 Å². The second kappa shape index (κ2) is 7.63. The summed E-state index contributed by atoms with van der Waals surface area (Å²) < 4.78 is 2.79. The molecule has 0 fully saturated rings. The molecule has 1 N–H and O–H groups in total. The number of carbonyl (C=O) groups excluding carboxylic acids is 1. The number of aryl methyl sites for hydroxylation is 1. The van der Waals surface area contributed by atoms with Gasteiger partial charge in [0.05, 0.1) is 11.4 Å². The average Bonchev–Trinajstić information content (AvgIpc) is 2.96. The number of carbonyl (C=O) groups is 1. The highest BCUT2D eigenvalue weighted by molar-refractivity contribution is 9.10. The molecule has 3 aromatic rings. The summed E-state index contributed by atoms with van der Waals surface area (Å²) in [5.74, 6) is 0.953. The molecule has 0 aliphatic rings. The van der Waals surface area contributed by atoms with Crippen LogP contribution in [-0.2, 0) is 4.79 Å². The second-order valence-electron chi connectivity index (χ2n) is 5.02. The summed E-state index contributed by atoms with van der Waals surface area (Å²) >= 11 is 4.78. The van der Waals surface area contributed by atoms with Gasteiger partial charge in [0.2, 0.25) is 5.91 Å². The molecule has 2 aromatic carbocycles. The number of halogens is 1. The van der Waals surface area contributed by atoms with Crippen LogP contribution in [-0.4, -0.2) is 26.4 Å². The highest BCUT2D eigenvalue weighted by Crippen LogP contribution is 2.24. The van der Waals surface area contributed by atoms with E-state index in [-0.39, 0.29) is 11.7 Å². The molecule has 0 atom stereocenters. The first kappa shape index (κ1) is 16.7. The Morgan fingerprint density at radius 3 is 2.58 bits per heavy atom. The summed E-state index contributed by atoms with van der Waals surface area (Å²) in [4.78, 5) is 12.2. The van der Waals surface area contributed by atoms with Crippen LogP contribution in [0.25, 0.3) is 5.69 Å². The number of nitrogens with one attached hydrogen (secondary N) is 1. The van der Waals surface area contributed by atoms with Crippen molar-refractivity contribution in [3.05, 3.63) is 64.9 Å². The number of hydrogen-bond acceptors (Lipinski definition) is 4. The van der Waals surface area contributed by atoms with Gasteiger partial charge < -0.3 is 5.32 Å². The van der Waals surface area contributed by atoms with Crippen molar-refractivity contribution in [1.29, 1.82) is 0 Å². The molecule has 0 saturated carbocycles. The van der Waals surface area contributed by atoms with E-state index in [2.05, 4.69) is 31.4 Å². The van der Waals surface area contributed by atoms with Crippen molar-refractivity contribution >= 4 is 39.3 Å². The van der Waals surface area contributed by atoms with Gasteiger partial charge >= 0.3 is 0 Å². The average molecular weight is 403 g/mol. The van der Waals surface area contributed by atoms with Gasteiger partial charge in [-0.05, 0) is 47.1 Å². The number of nitrogens with zero attached hydrogens (tertiary/aromatic N) is 3. The lowest BCUT2D eigenvalue weighted by molar-refractivity contribution is -0.113. The number of hydrogen-bond donors (Lipinski definition) is 1. The Morgan fingerprint density at radius 2 is 1.83 bits per heavy atom. The Morgan fingerprint density at radius 1 is 1.12 bits per heavy atom. The topological polar surface area (TPSA) is 59.8 Å². The maximum atomic E-state index is 12.2. The predicted molar refractivity (Wildman–Crippen MR) is 99.6 cm³/mol. The fourth-order valence-corrected chi connectivity index (χ4v) is 3.37. The van der Waals surface area contributed by atoms with Crippen molar-refractivity contribution in [1.82, 2.24) is 14.8 Å². The zero-order valence-corrected chi connectivity index (χ0v) is 15.3. The van der Waals surface area contributed by atoms with Gasteiger partial charge in [0, 0.05) is 10.2 Å². The summed E-state index contributed by atoms with van der Waals surface area (Å²) in [7, 11) is 0. The van der Waals surface area contributed by atoms with Crippen LogP contribution in [0, 0.1) is 6.92 Å². The number of aromatic nitrogens is 3. The molecular weight excluding hydrogens is 388 g/mol. The molecule has 5 nitrogen and oxygen atoms in total. The van der Waals surface area contributed by atoms with Crippen LogP contribution in [0.2, 0.25) is 0 Å². The van der Waals surface area contributed by atoms with Gasteiger partial charge in [-0.1, -0.05) is 42.1 Å². The van der Waals surface area contributed by atoms with Gasteiger partial charge in [-0.25, -0.2) is 0 Å². The third kappa shape index (κ3) is 3.85. The number of thioether (sulfide) groups is 1. The van der Waals surface area contributed by atoms with Crippen LogP contribution in [0.1, 0.15) is 5.82 Å². The van der Waals surface area contributed by atoms with Crippen LogP contribution in [0.3, 0.4) is 0 Å². The van der Waals surface area contributed by atoms with Gasteiger partial charge in [-0.15, -0.1) is 10.2 Å². The molecular formula is C17H15BrN4OS. The maximum absolute atomic E-state index is 12.2. The van der Waals surface area contributed by atoms with E-state index in [4.69, 9.17) is 0 Å². The van der Waals surface area contributed by atoms with Gasteiger partial charge in [-0.2, -0.15) is 0 Å². The van der Waals surface area contributed by atoms with Gasteiger partial charge in [0.15, 0.2) is 5.16 Å². The summed E-state index contributed by atoms with van der Waals surface area (Å²) in [6, 6.07) is 17.4. The van der Waals surface area contributed by atoms with Gasteiger partial charge in [0.1, 0.15) is 5.82 Å². The number of para-hydroxylation sites is 2. The van der Waals surface area contributed by atoms with Crippen LogP contribution in [0.4, 0.5) is 5.69 Å². The quantitative estimate of drug-likeness (QED) is 0.653. The molecule has 0 spiro atoms. The lowest BCUT2D eigenvalue weighted by Crippen LogP contribution is -2.15. The van der Waals surface area contributed by atoms with Crippen molar-refractivity contribution in [3.63, 3.8) is 0 Å². The maximum Gasteiger partial charge on any atom is 0.234 e. The van der Waals surface area contributed by atoms with Gasteiger partial charge in [0.25, 0.3) is 0 Å². The molecule has 24 heavy (non-hydrogen) atoms. The molecule has 1 heterocycles. The van der Waals surface area contributed by atoms with Crippen LogP contribution >= 0.6 is 27.7 Å². The molecule has 3 rings (SSSR count). The third-order valence-corrected chi connectivity index (χ3v) is 4.91. The molecule has 0 bridgehead atoms. The second-order valence-corrected chi connectivity index (χ2v) is 6.81. The lowest BCUT2D eigenvalue weighted by Gasteiger charge is -2.09. The number of amides is 1. The Kier molecular flexibility index (Phi) is 5.32. The first-order valence-electron chi connectivity index (χ1n) is 7.30. The molecule has 1 aromatic heterocycles. The normalized spacial score (nSPS) is 10.6.